The summed E-state index contributed by atoms with van der Waals surface area (Å²) in [5.41, 5.74) is 1.70. The summed E-state index contributed by atoms with van der Waals surface area (Å²) < 4.78 is 6.01. The van der Waals surface area contributed by atoms with Gasteiger partial charge in [0.2, 0.25) is 5.91 Å². The van der Waals surface area contributed by atoms with Crippen LogP contribution in [0.4, 0.5) is 0 Å². The Hall–Kier alpha value is -2.97. The summed E-state index contributed by atoms with van der Waals surface area (Å²) in [4.78, 5) is 34.5. The van der Waals surface area contributed by atoms with Gasteiger partial charge in [0.15, 0.2) is 0 Å². The van der Waals surface area contributed by atoms with Crippen molar-refractivity contribution in [1.82, 2.24) is 25.0 Å². The first-order chi connectivity index (χ1) is 16.1. The number of rotatable bonds is 9. The Morgan fingerprint density at radius 2 is 2.03 bits per heavy atom. The summed E-state index contributed by atoms with van der Waals surface area (Å²) in [5.74, 6) is 1.03. The quantitative estimate of drug-likeness (QED) is 0.625. The fraction of sp³-hybridized carbons (Fsp3) is 0.480. The molecule has 2 saturated heterocycles. The second-order valence-corrected chi connectivity index (χ2v) is 8.84. The molecule has 0 aliphatic carbocycles. The summed E-state index contributed by atoms with van der Waals surface area (Å²) in [7, 11) is 2.08. The molecule has 2 aliphatic heterocycles. The van der Waals surface area contributed by atoms with E-state index in [1.807, 2.05) is 29.2 Å². The van der Waals surface area contributed by atoms with Gasteiger partial charge in [-0.05, 0) is 43.3 Å². The van der Waals surface area contributed by atoms with Gasteiger partial charge in [-0.15, -0.1) is 0 Å². The molecular weight excluding hydrogens is 418 g/mol. The van der Waals surface area contributed by atoms with Gasteiger partial charge < -0.3 is 19.9 Å². The molecule has 3 heterocycles. The normalized spacial score (nSPS) is 19.0. The zero-order valence-electron chi connectivity index (χ0n) is 19.3. The van der Waals surface area contributed by atoms with Crippen LogP contribution in [0.25, 0.3) is 0 Å². The highest BCUT2D eigenvalue weighted by Gasteiger charge is 2.23. The molecule has 2 fully saturated rings. The van der Waals surface area contributed by atoms with Crippen LogP contribution in [-0.4, -0.2) is 90.5 Å². The fourth-order valence-electron chi connectivity index (χ4n) is 4.42. The molecule has 2 amide bonds. The molecule has 8 heteroatoms. The minimum Gasteiger partial charge on any atom is -0.492 e. The molecule has 0 bridgehead atoms. The van der Waals surface area contributed by atoms with Crippen molar-refractivity contribution >= 4 is 11.8 Å². The first-order valence-electron chi connectivity index (χ1n) is 11.7. The van der Waals surface area contributed by atoms with Crippen LogP contribution < -0.4 is 10.1 Å². The summed E-state index contributed by atoms with van der Waals surface area (Å²) >= 11 is 0. The number of hydrogen-bond donors (Lipinski definition) is 1. The van der Waals surface area contributed by atoms with E-state index in [2.05, 4.69) is 39.3 Å². The second-order valence-electron chi connectivity index (χ2n) is 8.84. The lowest BCUT2D eigenvalue weighted by Gasteiger charge is -2.34. The van der Waals surface area contributed by atoms with E-state index in [1.165, 1.54) is 5.56 Å². The summed E-state index contributed by atoms with van der Waals surface area (Å²) in [6.07, 6.45) is 3.21. The van der Waals surface area contributed by atoms with Crippen LogP contribution in [0.2, 0.25) is 0 Å². The summed E-state index contributed by atoms with van der Waals surface area (Å²) in [6.45, 7) is 6.20. The highest BCUT2D eigenvalue weighted by Crippen LogP contribution is 2.16. The van der Waals surface area contributed by atoms with Crippen LogP contribution in [0.5, 0.6) is 5.75 Å². The molecule has 2 aliphatic rings. The number of amides is 2. The van der Waals surface area contributed by atoms with Crippen molar-refractivity contribution in [3.8, 4) is 5.75 Å². The molecule has 1 aromatic heterocycles. The van der Waals surface area contributed by atoms with Gasteiger partial charge in [0, 0.05) is 64.5 Å². The number of hydrogen-bond acceptors (Lipinski definition) is 6. The van der Waals surface area contributed by atoms with Crippen LogP contribution in [-0.2, 0) is 11.3 Å². The molecule has 0 radical (unpaired) electrons. The van der Waals surface area contributed by atoms with Gasteiger partial charge >= 0.3 is 0 Å². The van der Waals surface area contributed by atoms with Gasteiger partial charge in [0.25, 0.3) is 5.91 Å². The number of carbonyl (C=O) groups excluding carboxylic acids is 2. The molecule has 4 rings (SSSR count). The maximum Gasteiger partial charge on any atom is 0.272 e. The van der Waals surface area contributed by atoms with Crippen LogP contribution in [0.15, 0.2) is 48.7 Å². The average molecular weight is 452 g/mol. The van der Waals surface area contributed by atoms with E-state index in [4.69, 9.17) is 4.74 Å². The van der Waals surface area contributed by atoms with Gasteiger partial charge in [-0.25, -0.2) is 0 Å². The number of likely N-dealkylation sites (N-methyl/N-ethyl adjacent to an activating group) is 1. The topological polar surface area (TPSA) is 78.0 Å². The molecular formula is C25H33N5O3. The molecule has 176 valence electrons. The Morgan fingerprint density at radius 1 is 1.18 bits per heavy atom. The third-order valence-electron chi connectivity index (χ3n) is 6.19. The van der Waals surface area contributed by atoms with Crippen molar-refractivity contribution in [2.24, 2.45) is 0 Å². The van der Waals surface area contributed by atoms with Gasteiger partial charge in [0.1, 0.15) is 18.1 Å². The van der Waals surface area contributed by atoms with Gasteiger partial charge in [-0.3, -0.25) is 19.5 Å². The van der Waals surface area contributed by atoms with Crippen LogP contribution >= 0.6 is 0 Å². The van der Waals surface area contributed by atoms with Gasteiger partial charge in [0.05, 0.1) is 0 Å². The van der Waals surface area contributed by atoms with Crippen molar-refractivity contribution < 1.29 is 14.3 Å². The van der Waals surface area contributed by atoms with Gasteiger partial charge in [-0.2, -0.15) is 0 Å². The zero-order valence-corrected chi connectivity index (χ0v) is 19.3. The van der Waals surface area contributed by atoms with Crippen molar-refractivity contribution in [1.29, 1.82) is 0 Å². The Bertz CT molecular complexity index is 931. The minimum absolute atomic E-state index is 0.00333. The molecule has 1 atom stereocenters. The molecule has 0 saturated carbocycles. The number of carbonyl (C=O) groups is 2. The first kappa shape index (κ1) is 23.2. The van der Waals surface area contributed by atoms with E-state index in [9.17, 15) is 9.59 Å². The van der Waals surface area contributed by atoms with Crippen molar-refractivity contribution in [2.75, 3.05) is 52.9 Å². The van der Waals surface area contributed by atoms with Crippen LogP contribution in [0.1, 0.15) is 28.9 Å². The maximum absolute atomic E-state index is 12.5. The maximum atomic E-state index is 12.5. The van der Waals surface area contributed by atoms with E-state index in [-0.39, 0.29) is 17.9 Å². The predicted molar refractivity (Wildman–Crippen MR) is 126 cm³/mol. The molecule has 8 nitrogen and oxygen atoms in total. The van der Waals surface area contributed by atoms with Gasteiger partial charge in [-0.1, -0.05) is 18.2 Å². The smallest absolute Gasteiger partial charge is 0.272 e. The number of ether oxygens (including phenoxy) is 1. The Morgan fingerprint density at radius 3 is 2.76 bits per heavy atom. The Balaban J connectivity index is 1.17. The lowest BCUT2D eigenvalue weighted by atomic mass is 10.1. The predicted octanol–water partition coefficient (Wildman–Crippen LogP) is 1.63. The SMILES string of the molecule is CN(Cc1cccc(OCCN2CCN(C(=O)c3ccccn3)CC2)c1)C[C@H]1CCC(=O)N1. The molecule has 1 N–H and O–H groups in total. The standard InChI is InChI=1S/C25H33N5O3/c1-28(19-21-8-9-24(31)27-21)18-20-5-4-6-22(17-20)33-16-15-29-11-13-30(14-12-29)25(32)23-7-2-3-10-26-23/h2-7,10,17,21H,8-9,11-16,18-19H2,1H3,(H,27,31)/t21-/m1/s1. The fourth-order valence-corrected chi connectivity index (χ4v) is 4.42. The average Bonchev–Trinajstić information content (AvgIpc) is 3.24. The van der Waals surface area contributed by atoms with Crippen molar-refractivity contribution in [3.05, 3.63) is 59.9 Å². The molecule has 33 heavy (non-hydrogen) atoms. The third kappa shape index (κ3) is 6.76. The first-order valence-corrected chi connectivity index (χ1v) is 11.7. The van der Waals surface area contributed by atoms with Crippen LogP contribution in [0.3, 0.4) is 0 Å². The monoisotopic (exact) mass is 451 g/mol. The minimum atomic E-state index is 0.00333. The van der Waals surface area contributed by atoms with E-state index in [0.717, 1.165) is 44.9 Å². The van der Waals surface area contributed by atoms with Crippen molar-refractivity contribution in [2.45, 2.75) is 25.4 Å². The van der Waals surface area contributed by atoms with E-state index < -0.39 is 0 Å². The summed E-state index contributed by atoms with van der Waals surface area (Å²) in [6, 6.07) is 13.9. The number of pyridine rings is 1. The Kier molecular flexibility index (Phi) is 7.91. The largest absolute Gasteiger partial charge is 0.492 e. The number of nitrogens with one attached hydrogen (secondary N) is 1. The number of benzene rings is 1. The third-order valence-corrected chi connectivity index (χ3v) is 6.19. The highest BCUT2D eigenvalue weighted by atomic mass is 16.5. The number of piperazine rings is 1. The molecule has 2 aromatic rings. The Labute approximate surface area is 195 Å². The van der Waals surface area contributed by atoms with E-state index in [1.54, 1.807) is 12.3 Å². The number of nitrogens with zero attached hydrogens (tertiary/aromatic N) is 4. The lowest BCUT2D eigenvalue weighted by molar-refractivity contribution is -0.119. The summed E-state index contributed by atoms with van der Waals surface area (Å²) in [5, 5.41) is 3.02. The number of aromatic nitrogens is 1. The molecule has 0 unspecified atom stereocenters. The lowest BCUT2D eigenvalue weighted by Crippen LogP contribution is -2.49. The highest BCUT2D eigenvalue weighted by molar-refractivity contribution is 5.92. The van der Waals surface area contributed by atoms with Crippen LogP contribution in [0, 0.1) is 0 Å². The van der Waals surface area contributed by atoms with E-state index in [0.29, 0.717) is 31.8 Å². The van der Waals surface area contributed by atoms with E-state index >= 15 is 0 Å². The second kappa shape index (κ2) is 11.2. The molecule has 1 aromatic carbocycles. The van der Waals surface area contributed by atoms with Crippen molar-refractivity contribution in [3.63, 3.8) is 0 Å². The zero-order chi connectivity index (χ0) is 23.0. The molecule has 0 spiro atoms.